The summed E-state index contributed by atoms with van der Waals surface area (Å²) in [5, 5.41) is 0. The second-order valence-electron chi connectivity index (χ2n) is 8.74. The maximum atomic E-state index is 13.3. The number of carbonyl (C=O) groups excluding carboxylic acids is 2. The molecular weight excluding hydrogens is 338 g/mol. The van der Waals surface area contributed by atoms with Crippen molar-refractivity contribution in [1.82, 2.24) is 14.7 Å². The number of rotatable bonds is 4. The smallest absolute Gasteiger partial charge is 0.232 e. The van der Waals surface area contributed by atoms with Crippen LogP contribution in [0.25, 0.3) is 0 Å². The van der Waals surface area contributed by atoms with E-state index in [1.165, 1.54) is 5.56 Å². The van der Waals surface area contributed by atoms with E-state index in [1.54, 1.807) is 0 Å². The first-order valence-electron chi connectivity index (χ1n) is 10.4. The number of hydrogen-bond acceptors (Lipinski definition) is 3. The summed E-state index contributed by atoms with van der Waals surface area (Å²) >= 11 is 0. The Labute approximate surface area is 162 Å². The first kappa shape index (κ1) is 18.5. The van der Waals surface area contributed by atoms with Crippen LogP contribution < -0.4 is 0 Å². The standard InChI is InChI=1S/C22H31N3O2/c1-23-11-7-10-19(15-23)20(26)25-16-22(17-25,14-18-8-3-2-4-9-18)21(27)24-12-5-6-13-24/h2-4,8-9,19H,5-7,10-17H2,1H3. The number of likely N-dealkylation sites (tertiary alicyclic amines) is 3. The minimum atomic E-state index is -0.429. The summed E-state index contributed by atoms with van der Waals surface area (Å²) in [4.78, 5) is 32.5. The molecule has 1 unspecified atom stereocenters. The molecule has 1 atom stereocenters. The summed E-state index contributed by atoms with van der Waals surface area (Å²) in [5.41, 5.74) is 0.761. The molecule has 0 spiro atoms. The molecule has 3 saturated heterocycles. The number of nitrogens with zero attached hydrogens (tertiary/aromatic N) is 3. The zero-order valence-corrected chi connectivity index (χ0v) is 16.4. The van der Waals surface area contributed by atoms with E-state index in [2.05, 4.69) is 24.1 Å². The van der Waals surface area contributed by atoms with Crippen molar-refractivity contribution < 1.29 is 9.59 Å². The average molecular weight is 370 g/mol. The van der Waals surface area contributed by atoms with Crippen LogP contribution in [0.1, 0.15) is 31.2 Å². The first-order chi connectivity index (χ1) is 13.1. The molecule has 0 saturated carbocycles. The fourth-order valence-electron chi connectivity index (χ4n) is 5.03. The molecule has 3 aliphatic heterocycles. The summed E-state index contributed by atoms with van der Waals surface area (Å²) in [6.45, 7) is 4.83. The summed E-state index contributed by atoms with van der Waals surface area (Å²) in [5.74, 6) is 0.605. The zero-order chi connectivity index (χ0) is 18.9. The molecule has 3 aliphatic rings. The molecule has 3 heterocycles. The second kappa shape index (κ2) is 7.63. The Morgan fingerprint density at radius 3 is 2.37 bits per heavy atom. The number of carbonyl (C=O) groups is 2. The van der Waals surface area contributed by atoms with Gasteiger partial charge in [-0.25, -0.2) is 0 Å². The van der Waals surface area contributed by atoms with Crippen LogP contribution in [0.5, 0.6) is 0 Å². The Bertz CT molecular complexity index is 678. The summed E-state index contributed by atoms with van der Waals surface area (Å²) in [6, 6.07) is 10.3. The van der Waals surface area contributed by atoms with E-state index in [0.717, 1.165) is 58.3 Å². The minimum Gasteiger partial charge on any atom is -0.342 e. The van der Waals surface area contributed by atoms with Crippen LogP contribution in [0.3, 0.4) is 0 Å². The SMILES string of the molecule is CN1CCCC(C(=O)N2CC(Cc3ccccc3)(C(=O)N3CCCC3)C2)C1. The molecule has 5 heteroatoms. The largest absolute Gasteiger partial charge is 0.342 e. The van der Waals surface area contributed by atoms with E-state index in [-0.39, 0.29) is 17.7 Å². The van der Waals surface area contributed by atoms with Gasteiger partial charge in [-0.2, -0.15) is 0 Å². The number of piperidine rings is 1. The van der Waals surface area contributed by atoms with Crippen molar-refractivity contribution in [3.8, 4) is 0 Å². The highest BCUT2D eigenvalue weighted by molar-refractivity contribution is 5.89. The molecule has 4 rings (SSSR count). The monoisotopic (exact) mass is 369 g/mol. The summed E-state index contributed by atoms with van der Waals surface area (Å²) in [6.07, 6.45) is 5.00. The molecular formula is C22H31N3O2. The van der Waals surface area contributed by atoms with Gasteiger partial charge >= 0.3 is 0 Å². The van der Waals surface area contributed by atoms with Crippen molar-refractivity contribution in [1.29, 1.82) is 0 Å². The molecule has 3 fully saturated rings. The summed E-state index contributed by atoms with van der Waals surface area (Å²) < 4.78 is 0. The third kappa shape index (κ3) is 3.75. The van der Waals surface area contributed by atoms with E-state index in [1.807, 2.05) is 28.0 Å². The lowest BCUT2D eigenvalue weighted by Gasteiger charge is -2.51. The van der Waals surface area contributed by atoms with Gasteiger partial charge < -0.3 is 14.7 Å². The fraction of sp³-hybridized carbons (Fsp3) is 0.636. The van der Waals surface area contributed by atoms with Crippen molar-refractivity contribution in [2.75, 3.05) is 46.3 Å². The van der Waals surface area contributed by atoms with Crippen LogP contribution in [-0.4, -0.2) is 72.8 Å². The summed E-state index contributed by atoms with van der Waals surface area (Å²) in [7, 11) is 2.09. The molecule has 0 bridgehead atoms. The Morgan fingerprint density at radius 2 is 1.70 bits per heavy atom. The van der Waals surface area contributed by atoms with Gasteiger partial charge in [-0.1, -0.05) is 30.3 Å². The van der Waals surface area contributed by atoms with E-state index >= 15 is 0 Å². The molecule has 146 valence electrons. The number of benzene rings is 1. The lowest BCUT2D eigenvalue weighted by atomic mass is 9.72. The predicted octanol–water partition coefficient (Wildman–Crippen LogP) is 2.02. The third-order valence-electron chi connectivity index (χ3n) is 6.50. The maximum Gasteiger partial charge on any atom is 0.232 e. The molecule has 1 aromatic rings. The molecule has 0 N–H and O–H groups in total. The van der Waals surface area contributed by atoms with Crippen LogP contribution >= 0.6 is 0 Å². The zero-order valence-electron chi connectivity index (χ0n) is 16.4. The van der Waals surface area contributed by atoms with Crippen molar-refractivity contribution in [3.05, 3.63) is 35.9 Å². The molecule has 0 radical (unpaired) electrons. The molecule has 5 nitrogen and oxygen atoms in total. The Morgan fingerprint density at radius 1 is 1.00 bits per heavy atom. The topological polar surface area (TPSA) is 43.9 Å². The molecule has 1 aromatic carbocycles. The highest BCUT2D eigenvalue weighted by Gasteiger charge is 2.53. The first-order valence-corrected chi connectivity index (χ1v) is 10.4. The van der Waals surface area contributed by atoms with Gasteiger partial charge in [-0.15, -0.1) is 0 Å². The van der Waals surface area contributed by atoms with Crippen molar-refractivity contribution in [3.63, 3.8) is 0 Å². The minimum absolute atomic E-state index is 0.0976. The van der Waals surface area contributed by atoms with E-state index in [0.29, 0.717) is 13.1 Å². The lowest BCUT2D eigenvalue weighted by molar-refractivity contribution is -0.163. The van der Waals surface area contributed by atoms with Gasteiger partial charge in [0.2, 0.25) is 11.8 Å². The quantitative estimate of drug-likeness (QED) is 0.816. The van der Waals surface area contributed by atoms with Gasteiger partial charge in [-0.05, 0) is 51.3 Å². The van der Waals surface area contributed by atoms with Gasteiger partial charge in [0.25, 0.3) is 0 Å². The maximum absolute atomic E-state index is 13.3. The van der Waals surface area contributed by atoms with Gasteiger partial charge in [0, 0.05) is 32.7 Å². The van der Waals surface area contributed by atoms with Gasteiger partial charge in [-0.3, -0.25) is 9.59 Å². The van der Waals surface area contributed by atoms with Crippen molar-refractivity contribution >= 4 is 11.8 Å². The van der Waals surface area contributed by atoms with E-state index in [4.69, 9.17) is 0 Å². The molecule has 0 aromatic heterocycles. The highest BCUT2D eigenvalue weighted by Crippen LogP contribution is 2.38. The fourth-order valence-corrected chi connectivity index (χ4v) is 5.03. The average Bonchev–Trinajstić information content (AvgIpc) is 3.19. The van der Waals surface area contributed by atoms with Gasteiger partial charge in [0.05, 0.1) is 11.3 Å². The lowest BCUT2D eigenvalue weighted by Crippen LogP contribution is -2.67. The number of hydrogen-bond donors (Lipinski definition) is 0. The van der Waals surface area contributed by atoms with E-state index in [9.17, 15) is 9.59 Å². The van der Waals surface area contributed by atoms with Crippen LogP contribution in [0.2, 0.25) is 0 Å². The highest BCUT2D eigenvalue weighted by atomic mass is 16.2. The van der Waals surface area contributed by atoms with Crippen LogP contribution in [0, 0.1) is 11.3 Å². The van der Waals surface area contributed by atoms with E-state index < -0.39 is 5.41 Å². The normalized spacial score (nSPS) is 25.3. The Balaban J connectivity index is 1.47. The third-order valence-corrected chi connectivity index (χ3v) is 6.50. The Hall–Kier alpha value is -1.88. The van der Waals surface area contributed by atoms with Crippen molar-refractivity contribution in [2.45, 2.75) is 32.1 Å². The molecule has 2 amide bonds. The Kier molecular flexibility index (Phi) is 5.22. The van der Waals surface area contributed by atoms with Crippen LogP contribution in [0.15, 0.2) is 30.3 Å². The molecule has 0 aliphatic carbocycles. The molecule has 27 heavy (non-hydrogen) atoms. The van der Waals surface area contributed by atoms with Crippen LogP contribution in [-0.2, 0) is 16.0 Å². The van der Waals surface area contributed by atoms with Crippen LogP contribution in [0.4, 0.5) is 0 Å². The number of amides is 2. The predicted molar refractivity (Wildman–Crippen MR) is 105 cm³/mol. The van der Waals surface area contributed by atoms with Crippen molar-refractivity contribution in [2.24, 2.45) is 11.3 Å². The second-order valence-corrected chi connectivity index (χ2v) is 8.74. The van der Waals surface area contributed by atoms with Gasteiger partial charge in [0.1, 0.15) is 0 Å². The van der Waals surface area contributed by atoms with Gasteiger partial charge in [0.15, 0.2) is 0 Å².